The molecule has 0 saturated carbocycles. The minimum Gasteiger partial charge on any atom is -0.381 e. The molecule has 3 N–H and O–H groups in total. The maximum absolute atomic E-state index is 12.0. The fourth-order valence-corrected chi connectivity index (χ4v) is 2.12. The van der Waals surface area contributed by atoms with Crippen molar-refractivity contribution in [2.45, 2.75) is 32.4 Å². The lowest BCUT2D eigenvalue weighted by Crippen LogP contribution is -2.43. The fraction of sp³-hybridized carbons (Fsp3) is 0.667. The summed E-state index contributed by atoms with van der Waals surface area (Å²) in [4.78, 5) is 12.0. The van der Waals surface area contributed by atoms with Crippen LogP contribution in [0.5, 0.6) is 0 Å². The first-order valence-corrected chi connectivity index (χ1v) is 6.37. The molecule has 6 nitrogen and oxygen atoms in total. The first-order valence-electron chi connectivity index (χ1n) is 6.37. The summed E-state index contributed by atoms with van der Waals surface area (Å²) in [6.45, 7) is 4.16. The summed E-state index contributed by atoms with van der Waals surface area (Å²) >= 11 is 0. The van der Waals surface area contributed by atoms with Gasteiger partial charge in [-0.1, -0.05) is 0 Å². The molecule has 0 aromatic carbocycles. The number of ether oxygens (including phenoxy) is 1. The lowest BCUT2D eigenvalue weighted by Gasteiger charge is -2.26. The third kappa shape index (κ3) is 3.08. The quantitative estimate of drug-likeness (QED) is 0.822. The highest BCUT2D eigenvalue weighted by atomic mass is 16.5. The zero-order chi connectivity index (χ0) is 13.0. The number of hydrogen-bond donors (Lipinski definition) is 2. The van der Waals surface area contributed by atoms with Gasteiger partial charge in [0.15, 0.2) is 0 Å². The summed E-state index contributed by atoms with van der Waals surface area (Å²) in [6.07, 6.45) is 5.14. The number of aryl methyl sites for hydroxylation is 1. The van der Waals surface area contributed by atoms with E-state index in [2.05, 4.69) is 10.4 Å². The van der Waals surface area contributed by atoms with Crippen molar-refractivity contribution in [3.05, 3.63) is 12.4 Å². The van der Waals surface area contributed by atoms with Crippen LogP contribution >= 0.6 is 0 Å². The average molecular weight is 252 g/mol. The summed E-state index contributed by atoms with van der Waals surface area (Å²) in [5.41, 5.74) is 6.68. The van der Waals surface area contributed by atoms with Crippen molar-refractivity contribution in [1.82, 2.24) is 9.78 Å². The number of nitrogens with two attached hydrogens (primary N) is 1. The van der Waals surface area contributed by atoms with Crippen LogP contribution in [0.25, 0.3) is 0 Å². The van der Waals surface area contributed by atoms with Crippen molar-refractivity contribution in [2.24, 2.45) is 11.7 Å². The van der Waals surface area contributed by atoms with Crippen molar-refractivity contribution in [3.8, 4) is 0 Å². The smallest absolute Gasteiger partial charge is 0.241 e. The van der Waals surface area contributed by atoms with E-state index >= 15 is 0 Å². The van der Waals surface area contributed by atoms with Crippen LogP contribution < -0.4 is 11.1 Å². The molecule has 2 rings (SSSR count). The van der Waals surface area contributed by atoms with Gasteiger partial charge in [0.1, 0.15) is 0 Å². The Kier molecular flexibility index (Phi) is 4.33. The van der Waals surface area contributed by atoms with Gasteiger partial charge in [0.25, 0.3) is 0 Å². The number of amides is 1. The summed E-state index contributed by atoms with van der Waals surface area (Å²) in [5.74, 6) is 0.0672. The Morgan fingerprint density at radius 3 is 3.00 bits per heavy atom. The summed E-state index contributed by atoms with van der Waals surface area (Å²) in [5, 5.41) is 6.91. The van der Waals surface area contributed by atoms with E-state index in [9.17, 15) is 4.79 Å². The SMILES string of the molecule is CCn1cc(NC(=O)C(N)C2CCOCC2)cn1. The van der Waals surface area contributed by atoms with Crippen LogP contribution in [0.3, 0.4) is 0 Å². The molecule has 6 heteroatoms. The van der Waals surface area contributed by atoms with E-state index in [4.69, 9.17) is 10.5 Å². The van der Waals surface area contributed by atoms with Crippen LogP contribution in [0.15, 0.2) is 12.4 Å². The number of aromatic nitrogens is 2. The standard InChI is InChI=1S/C12H20N4O2/c1-2-16-8-10(7-14-16)15-12(17)11(13)9-3-5-18-6-4-9/h7-9,11H,2-6,13H2,1H3,(H,15,17). The third-order valence-corrected chi connectivity index (χ3v) is 3.30. The second kappa shape index (κ2) is 5.97. The van der Waals surface area contributed by atoms with Gasteiger partial charge in [-0.2, -0.15) is 5.10 Å². The molecule has 1 amide bonds. The highest BCUT2D eigenvalue weighted by Gasteiger charge is 2.26. The number of nitrogens with one attached hydrogen (secondary N) is 1. The van der Waals surface area contributed by atoms with Crippen LogP contribution in [0, 0.1) is 5.92 Å². The normalized spacial score (nSPS) is 18.6. The molecule has 0 spiro atoms. The molecular formula is C12H20N4O2. The van der Waals surface area contributed by atoms with Crippen LogP contribution in [0.2, 0.25) is 0 Å². The Bertz CT molecular complexity index is 399. The Balaban J connectivity index is 1.90. The zero-order valence-corrected chi connectivity index (χ0v) is 10.6. The number of nitrogens with zero attached hydrogens (tertiary/aromatic N) is 2. The molecule has 0 radical (unpaired) electrons. The predicted molar refractivity (Wildman–Crippen MR) is 68.0 cm³/mol. The molecule has 1 atom stereocenters. The van der Waals surface area contributed by atoms with Crippen LogP contribution in [0.1, 0.15) is 19.8 Å². The van der Waals surface area contributed by atoms with Crippen molar-refractivity contribution < 1.29 is 9.53 Å². The molecule has 0 bridgehead atoms. The van der Waals surface area contributed by atoms with Crippen molar-refractivity contribution in [2.75, 3.05) is 18.5 Å². The molecule has 1 aromatic rings. The van der Waals surface area contributed by atoms with Gasteiger partial charge in [-0.15, -0.1) is 0 Å². The monoisotopic (exact) mass is 252 g/mol. The molecule has 1 unspecified atom stereocenters. The molecule has 2 heterocycles. The van der Waals surface area contributed by atoms with E-state index in [1.165, 1.54) is 0 Å². The maximum atomic E-state index is 12.0. The highest BCUT2D eigenvalue weighted by Crippen LogP contribution is 2.18. The van der Waals surface area contributed by atoms with Crippen LogP contribution in [-0.2, 0) is 16.1 Å². The van der Waals surface area contributed by atoms with E-state index in [0.29, 0.717) is 18.9 Å². The van der Waals surface area contributed by atoms with Crippen molar-refractivity contribution >= 4 is 11.6 Å². The molecule has 1 aromatic heterocycles. The van der Waals surface area contributed by atoms with Crippen molar-refractivity contribution in [1.29, 1.82) is 0 Å². The summed E-state index contributed by atoms with van der Waals surface area (Å²) < 4.78 is 7.02. The van der Waals surface area contributed by atoms with Gasteiger partial charge in [-0.3, -0.25) is 9.48 Å². The number of hydrogen-bond acceptors (Lipinski definition) is 4. The summed E-state index contributed by atoms with van der Waals surface area (Å²) in [7, 11) is 0. The van der Waals surface area contributed by atoms with Gasteiger partial charge in [0, 0.05) is 26.0 Å². The lowest BCUT2D eigenvalue weighted by molar-refractivity contribution is -0.119. The third-order valence-electron chi connectivity index (χ3n) is 3.30. The van der Waals surface area contributed by atoms with E-state index in [1.807, 2.05) is 6.92 Å². The second-order valence-electron chi connectivity index (χ2n) is 4.55. The van der Waals surface area contributed by atoms with Gasteiger partial charge >= 0.3 is 0 Å². The maximum Gasteiger partial charge on any atom is 0.241 e. The molecule has 1 fully saturated rings. The topological polar surface area (TPSA) is 82.2 Å². The largest absolute Gasteiger partial charge is 0.381 e. The first kappa shape index (κ1) is 13.0. The first-order chi connectivity index (χ1) is 8.70. The van der Waals surface area contributed by atoms with E-state index in [-0.39, 0.29) is 11.8 Å². The molecule has 1 aliphatic rings. The lowest BCUT2D eigenvalue weighted by atomic mass is 9.92. The molecule has 1 saturated heterocycles. The van der Waals surface area contributed by atoms with E-state index in [1.54, 1.807) is 17.1 Å². The van der Waals surface area contributed by atoms with E-state index in [0.717, 1.165) is 19.4 Å². The number of carbonyl (C=O) groups excluding carboxylic acids is 1. The highest BCUT2D eigenvalue weighted by molar-refractivity contribution is 5.94. The number of carbonyl (C=O) groups is 1. The minimum absolute atomic E-state index is 0.141. The molecule has 100 valence electrons. The Hall–Kier alpha value is -1.40. The van der Waals surface area contributed by atoms with Gasteiger partial charge in [0.2, 0.25) is 5.91 Å². The van der Waals surface area contributed by atoms with Gasteiger partial charge < -0.3 is 15.8 Å². The van der Waals surface area contributed by atoms with Gasteiger partial charge in [-0.25, -0.2) is 0 Å². The molecular weight excluding hydrogens is 232 g/mol. The minimum atomic E-state index is -0.473. The van der Waals surface area contributed by atoms with Crippen LogP contribution in [-0.4, -0.2) is 34.9 Å². The Labute approximate surface area is 106 Å². The average Bonchev–Trinajstić information content (AvgIpc) is 2.86. The molecule has 0 aliphatic carbocycles. The zero-order valence-electron chi connectivity index (χ0n) is 10.6. The van der Waals surface area contributed by atoms with Crippen LogP contribution in [0.4, 0.5) is 5.69 Å². The van der Waals surface area contributed by atoms with Gasteiger partial charge in [0.05, 0.1) is 17.9 Å². The van der Waals surface area contributed by atoms with Gasteiger partial charge in [-0.05, 0) is 25.7 Å². The number of anilines is 1. The van der Waals surface area contributed by atoms with Crippen molar-refractivity contribution in [3.63, 3.8) is 0 Å². The predicted octanol–water partition coefficient (Wildman–Crippen LogP) is 0.595. The second-order valence-corrected chi connectivity index (χ2v) is 4.55. The van der Waals surface area contributed by atoms with E-state index < -0.39 is 6.04 Å². The number of rotatable bonds is 4. The summed E-state index contributed by atoms with van der Waals surface area (Å²) in [6, 6.07) is -0.473. The fourth-order valence-electron chi connectivity index (χ4n) is 2.12. The Morgan fingerprint density at radius 1 is 1.67 bits per heavy atom. The molecule has 18 heavy (non-hydrogen) atoms. The molecule has 1 aliphatic heterocycles. The Morgan fingerprint density at radius 2 is 2.39 bits per heavy atom.